The van der Waals surface area contributed by atoms with Crippen molar-refractivity contribution in [2.75, 3.05) is 11.1 Å². The molecule has 0 saturated heterocycles. The van der Waals surface area contributed by atoms with E-state index in [0.717, 1.165) is 5.56 Å². The second-order valence-corrected chi connectivity index (χ2v) is 5.94. The summed E-state index contributed by atoms with van der Waals surface area (Å²) in [7, 11) is 0. The van der Waals surface area contributed by atoms with Gasteiger partial charge in [0.25, 0.3) is 5.91 Å². The van der Waals surface area contributed by atoms with Gasteiger partial charge in [0.05, 0.1) is 31.3 Å². The molecule has 1 amide bonds. The minimum atomic E-state index is -0.414. The van der Waals surface area contributed by atoms with Crippen LogP contribution in [-0.2, 0) is 0 Å². The highest BCUT2D eigenvalue weighted by Gasteiger charge is 2.16. The lowest BCUT2D eigenvalue weighted by Gasteiger charge is -2.12. The standard InChI is InChI=1S/C14H10Cl4N2O/c1-6-4-10(19)9(16)5-11(6)20-14(21)7-2-3-8(15)13(18)12(7)17/h2-5H,19H2,1H3,(H,20,21). The lowest BCUT2D eigenvalue weighted by Crippen LogP contribution is -2.13. The van der Waals surface area contributed by atoms with Gasteiger partial charge in [0.15, 0.2) is 0 Å². The lowest BCUT2D eigenvalue weighted by atomic mass is 10.1. The van der Waals surface area contributed by atoms with E-state index >= 15 is 0 Å². The molecule has 0 atom stereocenters. The maximum atomic E-state index is 12.3. The summed E-state index contributed by atoms with van der Waals surface area (Å²) < 4.78 is 0. The van der Waals surface area contributed by atoms with Gasteiger partial charge < -0.3 is 11.1 Å². The first-order chi connectivity index (χ1) is 9.81. The van der Waals surface area contributed by atoms with Gasteiger partial charge in [-0.25, -0.2) is 0 Å². The number of nitrogens with one attached hydrogen (secondary N) is 1. The number of benzene rings is 2. The molecule has 0 aliphatic heterocycles. The van der Waals surface area contributed by atoms with Crippen molar-refractivity contribution in [3.05, 3.63) is 55.5 Å². The predicted octanol–water partition coefficient (Wildman–Crippen LogP) is 5.44. The van der Waals surface area contributed by atoms with Gasteiger partial charge >= 0.3 is 0 Å². The van der Waals surface area contributed by atoms with E-state index in [9.17, 15) is 4.79 Å². The number of rotatable bonds is 2. The van der Waals surface area contributed by atoms with Crippen LogP contribution in [0.15, 0.2) is 24.3 Å². The maximum absolute atomic E-state index is 12.3. The molecule has 0 aromatic heterocycles. The van der Waals surface area contributed by atoms with Gasteiger partial charge in [-0.1, -0.05) is 46.4 Å². The second-order valence-electron chi connectivity index (χ2n) is 4.37. The number of amides is 1. The molecule has 3 nitrogen and oxygen atoms in total. The van der Waals surface area contributed by atoms with Gasteiger partial charge in [-0.05, 0) is 36.8 Å². The van der Waals surface area contributed by atoms with Crippen LogP contribution in [0.4, 0.5) is 11.4 Å². The van der Waals surface area contributed by atoms with E-state index in [1.54, 1.807) is 19.1 Å². The quantitative estimate of drug-likeness (QED) is 0.551. The predicted molar refractivity (Wildman–Crippen MR) is 90.0 cm³/mol. The van der Waals surface area contributed by atoms with Crippen molar-refractivity contribution >= 4 is 63.7 Å². The molecule has 0 fully saturated rings. The summed E-state index contributed by atoms with van der Waals surface area (Å²) in [4.78, 5) is 12.3. The Morgan fingerprint density at radius 2 is 1.71 bits per heavy atom. The lowest BCUT2D eigenvalue weighted by molar-refractivity contribution is 0.102. The van der Waals surface area contributed by atoms with E-state index in [4.69, 9.17) is 52.1 Å². The van der Waals surface area contributed by atoms with Crippen LogP contribution in [0.1, 0.15) is 15.9 Å². The summed E-state index contributed by atoms with van der Waals surface area (Å²) in [6, 6.07) is 6.26. The largest absolute Gasteiger partial charge is 0.398 e. The van der Waals surface area contributed by atoms with Crippen molar-refractivity contribution in [3.8, 4) is 0 Å². The molecule has 21 heavy (non-hydrogen) atoms. The Bertz CT molecular complexity index is 731. The van der Waals surface area contributed by atoms with Crippen molar-refractivity contribution in [3.63, 3.8) is 0 Å². The molecule has 110 valence electrons. The van der Waals surface area contributed by atoms with Gasteiger partial charge in [0.1, 0.15) is 0 Å². The van der Waals surface area contributed by atoms with Crippen molar-refractivity contribution < 1.29 is 4.79 Å². The van der Waals surface area contributed by atoms with Crippen LogP contribution in [0.3, 0.4) is 0 Å². The second kappa shape index (κ2) is 6.32. The molecule has 2 aromatic carbocycles. The number of aryl methyl sites for hydroxylation is 1. The monoisotopic (exact) mass is 362 g/mol. The van der Waals surface area contributed by atoms with E-state index in [0.29, 0.717) is 16.4 Å². The number of halogens is 4. The highest BCUT2D eigenvalue weighted by Crippen LogP contribution is 2.33. The molecule has 0 spiro atoms. The Hall–Kier alpha value is -1.13. The first-order valence-electron chi connectivity index (χ1n) is 5.81. The molecule has 0 aliphatic carbocycles. The number of anilines is 2. The summed E-state index contributed by atoms with van der Waals surface area (Å²) in [5, 5.41) is 3.59. The Labute approximate surface area is 141 Å². The van der Waals surface area contributed by atoms with E-state index in [1.807, 2.05) is 0 Å². The minimum absolute atomic E-state index is 0.0980. The number of carbonyl (C=O) groups is 1. The molecule has 7 heteroatoms. The topological polar surface area (TPSA) is 55.1 Å². The number of hydrogen-bond donors (Lipinski definition) is 2. The Kier molecular flexibility index (Phi) is 4.89. The van der Waals surface area contributed by atoms with E-state index in [2.05, 4.69) is 5.32 Å². The third kappa shape index (κ3) is 3.38. The Balaban J connectivity index is 2.35. The zero-order valence-corrected chi connectivity index (χ0v) is 13.8. The average molecular weight is 364 g/mol. The smallest absolute Gasteiger partial charge is 0.257 e. The van der Waals surface area contributed by atoms with Gasteiger partial charge in [-0.3, -0.25) is 4.79 Å². The molecule has 0 saturated carbocycles. The zero-order valence-electron chi connectivity index (χ0n) is 10.8. The summed E-state index contributed by atoms with van der Waals surface area (Å²) in [6.45, 7) is 1.80. The average Bonchev–Trinajstić information content (AvgIpc) is 2.42. The molecule has 3 N–H and O–H groups in total. The molecule has 2 aromatic rings. The first kappa shape index (κ1) is 16.2. The van der Waals surface area contributed by atoms with E-state index in [1.165, 1.54) is 12.1 Å². The summed E-state index contributed by atoms with van der Waals surface area (Å²) >= 11 is 23.7. The van der Waals surface area contributed by atoms with Crippen LogP contribution >= 0.6 is 46.4 Å². The van der Waals surface area contributed by atoms with Crippen molar-refractivity contribution in [2.24, 2.45) is 0 Å². The molecular formula is C14H10Cl4N2O. The van der Waals surface area contributed by atoms with Crippen molar-refractivity contribution in [1.29, 1.82) is 0 Å². The molecule has 2 rings (SSSR count). The van der Waals surface area contributed by atoms with Crippen LogP contribution in [0.2, 0.25) is 20.1 Å². The third-order valence-electron chi connectivity index (χ3n) is 2.87. The molecule has 0 bridgehead atoms. The normalized spacial score (nSPS) is 10.5. The number of nitrogen functional groups attached to an aromatic ring is 1. The Morgan fingerprint density at radius 3 is 2.38 bits per heavy atom. The van der Waals surface area contributed by atoms with Crippen LogP contribution < -0.4 is 11.1 Å². The highest BCUT2D eigenvalue weighted by atomic mass is 35.5. The SMILES string of the molecule is Cc1cc(N)c(Cl)cc1NC(=O)c1ccc(Cl)c(Cl)c1Cl. The van der Waals surface area contributed by atoms with E-state index in [-0.39, 0.29) is 20.6 Å². The van der Waals surface area contributed by atoms with Gasteiger partial charge in [0.2, 0.25) is 0 Å². The maximum Gasteiger partial charge on any atom is 0.257 e. The van der Waals surface area contributed by atoms with E-state index < -0.39 is 5.91 Å². The summed E-state index contributed by atoms with van der Waals surface area (Å²) in [6.07, 6.45) is 0. The molecule has 0 aliphatic rings. The Morgan fingerprint density at radius 1 is 1.05 bits per heavy atom. The number of hydrogen-bond acceptors (Lipinski definition) is 2. The van der Waals surface area contributed by atoms with Crippen LogP contribution in [-0.4, -0.2) is 5.91 Å². The van der Waals surface area contributed by atoms with Crippen LogP contribution in [0.25, 0.3) is 0 Å². The fourth-order valence-electron chi connectivity index (χ4n) is 1.73. The number of nitrogens with two attached hydrogens (primary N) is 1. The van der Waals surface area contributed by atoms with Gasteiger partial charge in [-0.15, -0.1) is 0 Å². The summed E-state index contributed by atoms with van der Waals surface area (Å²) in [5.41, 5.74) is 7.68. The first-order valence-corrected chi connectivity index (χ1v) is 7.33. The van der Waals surface area contributed by atoms with Gasteiger partial charge in [-0.2, -0.15) is 0 Å². The molecular weight excluding hydrogens is 354 g/mol. The third-order valence-corrected chi connectivity index (χ3v) is 4.49. The van der Waals surface area contributed by atoms with Crippen LogP contribution in [0, 0.1) is 6.92 Å². The fraction of sp³-hybridized carbons (Fsp3) is 0.0714. The van der Waals surface area contributed by atoms with Crippen molar-refractivity contribution in [2.45, 2.75) is 6.92 Å². The van der Waals surface area contributed by atoms with Crippen molar-refractivity contribution in [1.82, 2.24) is 0 Å². The minimum Gasteiger partial charge on any atom is -0.398 e. The molecule has 0 heterocycles. The molecule has 0 radical (unpaired) electrons. The molecule has 0 unspecified atom stereocenters. The van der Waals surface area contributed by atoms with Crippen LogP contribution in [0.5, 0.6) is 0 Å². The fourth-order valence-corrected chi connectivity index (χ4v) is 2.51. The number of carbonyl (C=O) groups excluding carboxylic acids is 1. The summed E-state index contributed by atoms with van der Waals surface area (Å²) in [5.74, 6) is -0.414. The zero-order chi connectivity index (χ0) is 15.7. The van der Waals surface area contributed by atoms with Gasteiger partial charge in [0, 0.05) is 5.69 Å². The highest BCUT2D eigenvalue weighted by molar-refractivity contribution is 6.49.